The summed E-state index contributed by atoms with van der Waals surface area (Å²) in [4.78, 5) is 31.6. The molecule has 0 aliphatic rings. The number of carbonyl (C=O) groups excluding carboxylic acids is 1. The fourth-order valence-corrected chi connectivity index (χ4v) is 3.75. The standard InChI is InChI=1S/C24H22FN5O3.43K.H/c1-4-16(31)10-15-12-26-24(27-20-11-22(30(32)33)19(25)9-14(20)2)28-23(15)18-13-29(3)21-8-6-5-7-17(18)21;;;;;;;;;;;;;;;;;;;;;;;;;;;;;;;;;;;;;;;;;;;;/h5-9,11-13H,4,10H2,1-3H3,(H,26,27,28);;;;;;;;;;;;;;;;;;;;;;;;;;;;;;;;;;;;;;;;;;;;/q;;;;;;;;;;;;;;;;;;;;;;;;;;;;;;;;;;;;;;;;;;;+1;-1. The molecule has 4 rings (SSSR count). The summed E-state index contributed by atoms with van der Waals surface area (Å²) in [6.07, 6.45) is 4.13. The molecule has 0 saturated carbocycles. The maximum atomic E-state index is 13.9. The molecule has 0 saturated heterocycles. The topological polar surface area (TPSA) is 103 Å². The number of ketones is 1. The molecule has 0 aliphatic carbocycles. The zero-order chi connectivity index (χ0) is 65.7. The fraction of sp³-hybridized carbons (Fsp3) is 0.208. The van der Waals surface area contributed by atoms with Crippen LogP contribution in [0.15, 0.2) is 48.8 Å². The third-order valence-electron chi connectivity index (χ3n) is 5.54. The minimum atomic E-state index is -0.908. The van der Waals surface area contributed by atoms with Crippen LogP contribution in [0.4, 0.5) is 21.7 Å². The van der Waals surface area contributed by atoms with Crippen molar-refractivity contribution in [2.24, 2.45) is 7.05 Å². The monoisotopic (exact) mass is 2120 g/mol. The predicted octanol–water partition coefficient (Wildman–Crippen LogP) is -13.6. The van der Waals surface area contributed by atoms with Crippen LogP contribution in [-0.4, -0.2) is 1350 Å². The molecule has 4 aromatic rings. The number of nitrogens with zero attached hydrogens (tertiary/aromatic N) is 4. The van der Waals surface area contributed by atoms with Gasteiger partial charge in [0.25, 0.3) is 0 Å². The van der Waals surface area contributed by atoms with Crippen LogP contribution >= 0.6 is 0 Å². The van der Waals surface area contributed by atoms with E-state index in [4.69, 9.17) is 0 Å². The second kappa shape index (κ2) is 199. The van der Waals surface area contributed by atoms with Crippen molar-refractivity contribution < 1.29 is 66.9 Å². The Bertz CT molecular complexity index is 1480. The number of rotatable bonds is 7. The normalized spacial score (nSPS) is 7.00. The Balaban J connectivity index is -0.0000000348. The Hall–Kier alpha value is 66.2. The van der Waals surface area contributed by atoms with Crippen molar-refractivity contribution in [3.8, 4) is 11.3 Å². The van der Waals surface area contributed by atoms with Gasteiger partial charge in [-0.25, -0.2) is 9.97 Å². The zero-order valence-corrected chi connectivity index (χ0v) is 196. The van der Waals surface area contributed by atoms with E-state index in [2.05, 4.69) is 15.3 Å². The molecule has 212 valence electrons. The van der Waals surface area contributed by atoms with E-state index in [0.29, 0.717) is 28.9 Å². The third-order valence-corrected chi connectivity index (χ3v) is 5.54. The van der Waals surface area contributed by atoms with Crippen LogP contribution < -0.4 is 56.7 Å². The van der Waals surface area contributed by atoms with Crippen LogP contribution in [0.2, 0.25) is 0 Å². The van der Waals surface area contributed by atoms with Crippen molar-refractivity contribution in [3.05, 3.63) is 75.9 Å². The Morgan fingerprint density at radius 3 is 1.25 bits per heavy atom. The number of anilines is 2. The fourth-order valence-electron chi connectivity index (χ4n) is 3.75. The van der Waals surface area contributed by atoms with Gasteiger partial charge in [0.2, 0.25) is 11.8 Å². The molecule has 0 unspecified atom stereocenters. The molecular weight excluding hydrogens is 2110 g/mol. The van der Waals surface area contributed by atoms with Gasteiger partial charge >= 0.3 is 1380 Å². The number of hydrogen-bond acceptors (Lipinski definition) is 6. The molecule has 2 aromatic carbocycles. The van der Waals surface area contributed by atoms with E-state index in [1.807, 2.05) is 42.1 Å². The molecule has 0 fully saturated rings. The molecule has 2 heterocycles. The molecule has 2 aromatic heterocycles. The number of fused-ring (bicyclic) bond motifs is 1. The number of hydrogen-bond donors (Lipinski definition) is 1. The van der Waals surface area contributed by atoms with Crippen LogP contribution in [0.3, 0.4) is 0 Å². The summed E-state index contributed by atoms with van der Waals surface area (Å²) < 4.78 is 15.9. The first-order chi connectivity index (χ1) is 36.8. The summed E-state index contributed by atoms with van der Waals surface area (Å²) in [6.45, 7) is 3.44. The van der Waals surface area contributed by atoms with Crippen LogP contribution in [0.1, 0.15) is 25.9 Å². The SMILES string of the molecule is CCC(=O)Cc1cnc(Nc2cc([N+](=O)[O-])c(F)cc2C)nc1-c1cn(C)c2ccccc12.[H-].[K+].[K][K].[K][K].[K][K].[K][K].[K][K].[K][K].[K][K].[K][K].[K][K].[K][K].[K][K].[K][K].[K][K].[K][K].[K][K].[K][K].[K][K].[K][K].[K][K].[K][K].[K][K]. The Labute approximate surface area is 1460 Å². The quantitative estimate of drug-likeness (QED) is 0.112. The average molecular weight is 2130 g/mol. The summed E-state index contributed by atoms with van der Waals surface area (Å²) in [5.74, 6) is -0.658. The van der Waals surface area contributed by atoms with E-state index in [1.54, 1.807) is 20.0 Å². The molecule has 0 radical (unpaired) electrons. The predicted molar refractivity (Wildman–Crippen MR) is 367 cm³/mol. The molecule has 0 atom stereocenters. The third kappa shape index (κ3) is 146. The van der Waals surface area contributed by atoms with Gasteiger partial charge in [0.05, 0.1) is 16.3 Å². The van der Waals surface area contributed by atoms with Crippen molar-refractivity contribution >= 4 is 1360 Å². The number of para-hydroxylation sites is 1. The first-order valence-corrected chi connectivity index (χ1v) is 367. The van der Waals surface area contributed by atoms with Gasteiger partial charge < -0.3 is 11.3 Å². The zero-order valence-electron chi connectivity index (χ0n) is 62.4. The van der Waals surface area contributed by atoms with Crippen molar-refractivity contribution in [3.63, 3.8) is 0 Å². The molecule has 0 bridgehead atoms. The minimum absolute atomic E-state index is 0. The molecule has 0 aliphatic heterocycles. The van der Waals surface area contributed by atoms with Gasteiger partial charge in [-0.15, -0.1) is 0 Å². The first-order valence-electron chi connectivity index (χ1n) is 31.4. The van der Waals surface area contributed by atoms with E-state index >= 15 is 0 Å². The van der Waals surface area contributed by atoms with Crippen molar-refractivity contribution in [2.75, 3.05) is 5.32 Å². The van der Waals surface area contributed by atoms with Crippen LogP contribution in [0.25, 0.3) is 22.2 Å². The van der Waals surface area contributed by atoms with Crippen molar-refractivity contribution in [1.82, 2.24) is 14.5 Å². The summed E-state index contributed by atoms with van der Waals surface area (Å²) in [7, 11) is 1.93. The van der Waals surface area contributed by atoms with E-state index in [1.165, 1.54) is 1330 Å². The number of Topliss-reactive ketones (excluding diaryl/α,β-unsaturated/α-hetero) is 1. The van der Waals surface area contributed by atoms with Crippen LogP contribution in [-0.2, 0) is 18.3 Å². The van der Waals surface area contributed by atoms with Crippen molar-refractivity contribution in [2.45, 2.75) is 26.7 Å². The van der Waals surface area contributed by atoms with Gasteiger partial charge in [-0.1, -0.05) is 25.1 Å². The van der Waals surface area contributed by atoms with Gasteiger partial charge in [-0.05, 0) is 24.6 Å². The molecule has 8 nitrogen and oxygen atoms in total. The average Bonchev–Trinajstić information content (AvgIpc) is 3.89. The molecule has 0 spiro atoms. The Morgan fingerprint density at radius 2 is 0.934 bits per heavy atom. The van der Waals surface area contributed by atoms with E-state index in [-0.39, 0.29) is 71.0 Å². The van der Waals surface area contributed by atoms with Gasteiger partial charge in [-0.2, -0.15) is 4.39 Å². The van der Waals surface area contributed by atoms with E-state index in [9.17, 15) is 19.3 Å². The second-order valence-electron chi connectivity index (χ2n) is 7.81. The molecule has 76 heavy (non-hydrogen) atoms. The summed E-state index contributed by atoms with van der Waals surface area (Å²) in [5.41, 5.74) is 3.30. The van der Waals surface area contributed by atoms with Crippen molar-refractivity contribution in [1.29, 1.82) is 0 Å². The van der Waals surface area contributed by atoms with Gasteiger partial charge in [-0.3, -0.25) is 14.9 Å². The summed E-state index contributed by atoms with van der Waals surface area (Å²) in [5, 5.41) is 15.1. The van der Waals surface area contributed by atoms with Gasteiger partial charge in [0.1, 0.15) is 5.78 Å². The summed E-state index contributed by atoms with van der Waals surface area (Å²) >= 11 is 52.5. The number of nitro groups is 1. The number of benzene rings is 2. The number of halogens is 1. The number of aromatic nitrogens is 3. The van der Waals surface area contributed by atoms with Crippen LogP contribution in [0.5, 0.6) is 0 Å². The molecular formula is C24H23FK43N5O3. The van der Waals surface area contributed by atoms with Gasteiger partial charge in [0, 0.05) is 60.4 Å². The Kier molecular flexibility index (Phi) is 488. The second-order valence-corrected chi connectivity index (χ2v) is 7.81. The van der Waals surface area contributed by atoms with E-state index in [0.717, 1.165) is 28.6 Å². The molecule has 1 N–H and O–H groups in total. The number of nitro benzene ring substituents is 1. The number of aryl methyl sites for hydroxylation is 2. The summed E-state index contributed by atoms with van der Waals surface area (Å²) in [6, 6.07) is 10.1. The number of nitrogens with one attached hydrogen (secondary N) is 1. The number of carbonyl (C=O) groups is 1. The van der Waals surface area contributed by atoms with Gasteiger partial charge in [0.15, 0.2) is 0 Å². The molecule has 0 amide bonds. The first kappa shape index (κ1) is 187. The van der Waals surface area contributed by atoms with Crippen LogP contribution in [0, 0.1) is 22.9 Å². The maximum absolute atomic E-state index is 13.9. The van der Waals surface area contributed by atoms with E-state index < -0.39 is 16.4 Å². The molecule has 52 heteroatoms. The Morgan fingerprint density at radius 1 is 0.605 bits per heavy atom.